The van der Waals surface area contributed by atoms with E-state index in [9.17, 15) is 4.79 Å². The molecule has 2 aliphatic heterocycles. The van der Waals surface area contributed by atoms with Gasteiger partial charge in [-0.2, -0.15) is 0 Å². The molecule has 0 spiro atoms. The second-order valence-corrected chi connectivity index (χ2v) is 8.07. The first-order valence-corrected chi connectivity index (χ1v) is 10.2. The lowest BCUT2D eigenvalue weighted by Gasteiger charge is -2.25. The Labute approximate surface area is 172 Å². The second-order valence-electron chi connectivity index (χ2n) is 8.07. The average Bonchev–Trinajstić information content (AvgIpc) is 3.18. The van der Waals surface area contributed by atoms with Gasteiger partial charge in [-0.1, -0.05) is 12.7 Å². The van der Waals surface area contributed by atoms with Crippen LogP contribution in [0, 0.1) is 0 Å². The van der Waals surface area contributed by atoms with Gasteiger partial charge in [-0.15, -0.1) is 0 Å². The number of benzene rings is 1. The SMILES string of the molecule is C=CC(=O)N(C)c1ccc2c(N3CCC(N)C3)nc(C3=CCN(C)CC3)cc2c1. The minimum absolute atomic E-state index is 0.123. The average molecular weight is 392 g/mol. The van der Waals surface area contributed by atoms with E-state index in [1.165, 1.54) is 11.6 Å². The van der Waals surface area contributed by atoms with Crippen molar-refractivity contribution in [1.82, 2.24) is 9.88 Å². The van der Waals surface area contributed by atoms with E-state index >= 15 is 0 Å². The van der Waals surface area contributed by atoms with Crippen molar-refractivity contribution in [3.8, 4) is 0 Å². The predicted molar refractivity (Wildman–Crippen MR) is 120 cm³/mol. The van der Waals surface area contributed by atoms with Crippen LogP contribution >= 0.6 is 0 Å². The maximum absolute atomic E-state index is 12.1. The van der Waals surface area contributed by atoms with Crippen LogP contribution in [0.25, 0.3) is 16.3 Å². The van der Waals surface area contributed by atoms with Crippen molar-refractivity contribution in [2.45, 2.75) is 18.9 Å². The third-order valence-electron chi connectivity index (χ3n) is 5.95. The molecule has 0 saturated carbocycles. The highest BCUT2D eigenvalue weighted by Crippen LogP contribution is 2.33. The molecule has 1 aromatic carbocycles. The summed E-state index contributed by atoms with van der Waals surface area (Å²) >= 11 is 0. The minimum Gasteiger partial charge on any atom is -0.354 e. The Morgan fingerprint density at radius 1 is 1.34 bits per heavy atom. The van der Waals surface area contributed by atoms with Crippen LogP contribution in [0.4, 0.5) is 11.5 Å². The van der Waals surface area contributed by atoms with Crippen LogP contribution in [0.2, 0.25) is 0 Å². The lowest BCUT2D eigenvalue weighted by atomic mass is 10.0. The molecule has 0 bridgehead atoms. The number of carbonyl (C=O) groups is 1. The third kappa shape index (κ3) is 3.91. The van der Waals surface area contributed by atoms with Crippen LogP contribution in [0.15, 0.2) is 43.0 Å². The zero-order chi connectivity index (χ0) is 20.5. The van der Waals surface area contributed by atoms with Crippen molar-refractivity contribution in [1.29, 1.82) is 0 Å². The Hall–Kier alpha value is -2.70. The molecule has 0 aliphatic carbocycles. The number of pyridine rings is 1. The molecule has 6 nitrogen and oxygen atoms in total. The van der Waals surface area contributed by atoms with Gasteiger partial charge in [-0.25, -0.2) is 4.98 Å². The highest BCUT2D eigenvalue weighted by atomic mass is 16.2. The maximum atomic E-state index is 12.1. The lowest BCUT2D eigenvalue weighted by molar-refractivity contribution is -0.113. The first-order valence-electron chi connectivity index (χ1n) is 10.2. The van der Waals surface area contributed by atoms with Crippen molar-refractivity contribution in [2.75, 3.05) is 50.1 Å². The van der Waals surface area contributed by atoms with Gasteiger partial charge < -0.3 is 20.4 Å². The van der Waals surface area contributed by atoms with Gasteiger partial charge in [0.15, 0.2) is 0 Å². The Kier molecular flexibility index (Phi) is 5.39. The molecule has 2 N–H and O–H groups in total. The number of rotatable bonds is 4. The molecule has 4 rings (SSSR count). The number of hydrogen-bond acceptors (Lipinski definition) is 5. The van der Waals surface area contributed by atoms with Gasteiger partial charge in [0.1, 0.15) is 5.82 Å². The van der Waals surface area contributed by atoms with Gasteiger partial charge >= 0.3 is 0 Å². The Balaban J connectivity index is 1.83. The van der Waals surface area contributed by atoms with Crippen LogP contribution in [0.1, 0.15) is 18.5 Å². The fourth-order valence-electron chi connectivity index (χ4n) is 4.09. The van der Waals surface area contributed by atoms with Gasteiger partial charge in [-0.3, -0.25) is 4.79 Å². The van der Waals surface area contributed by atoms with Crippen LogP contribution < -0.4 is 15.5 Å². The maximum Gasteiger partial charge on any atom is 0.250 e. The van der Waals surface area contributed by atoms with Crippen LogP contribution in [0.5, 0.6) is 0 Å². The van der Waals surface area contributed by atoms with Gasteiger partial charge in [0.05, 0.1) is 5.69 Å². The molecule has 1 atom stereocenters. The van der Waals surface area contributed by atoms with Gasteiger partial charge in [0.25, 0.3) is 0 Å². The van der Waals surface area contributed by atoms with E-state index in [-0.39, 0.29) is 11.9 Å². The molecule has 0 radical (unpaired) electrons. The summed E-state index contributed by atoms with van der Waals surface area (Å²) in [6.45, 7) is 7.31. The molecule has 2 aromatic rings. The predicted octanol–water partition coefficient (Wildman–Crippen LogP) is 2.64. The molecule has 3 heterocycles. The molecule has 1 saturated heterocycles. The number of nitrogens with zero attached hydrogens (tertiary/aromatic N) is 4. The fourth-order valence-corrected chi connectivity index (χ4v) is 4.09. The number of hydrogen-bond donors (Lipinski definition) is 1. The molecule has 29 heavy (non-hydrogen) atoms. The zero-order valence-corrected chi connectivity index (χ0v) is 17.3. The highest BCUT2D eigenvalue weighted by molar-refractivity contribution is 6.03. The second kappa shape index (κ2) is 7.97. The van der Waals surface area contributed by atoms with E-state index in [1.54, 1.807) is 11.9 Å². The molecule has 1 fully saturated rings. The van der Waals surface area contributed by atoms with E-state index in [0.717, 1.165) is 67.0 Å². The van der Waals surface area contributed by atoms with E-state index in [0.29, 0.717) is 0 Å². The topological polar surface area (TPSA) is 65.7 Å². The molecule has 1 unspecified atom stereocenters. The van der Waals surface area contributed by atoms with Crippen molar-refractivity contribution < 1.29 is 4.79 Å². The van der Waals surface area contributed by atoms with E-state index in [2.05, 4.69) is 47.7 Å². The number of nitrogens with two attached hydrogens (primary N) is 1. The summed E-state index contributed by atoms with van der Waals surface area (Å²) in [6.07, 6.45) is 5.58. The van der Waals surface area contributed by atoms with Crippen molar-refractivity contribution >= 4 is 33.8 Å². The van der Waals surface area contributed by atoms with Crippen molar-refractivity contribution in [3.63, 3.8) is 0 Å². The van der Waals surface area contributed by atoms with E-state index in [1.807, 2.05) is 6.07 Å². The standard InChI is InChI=1S/C23H29N5O/c1-4-22(29)27(3)19-5-6-20-17(13-19)14-21(16-7-10-26(2)11-8-16)25-23(20)28-12-9-18(24)15-28/h4-7,13-14,18H,1,8-12,15,24H2,2-3H3. The molecular formula is C23H29N5O. The third-order valence-corrected chi connectivity index (χ3v) is 5.95. The summed E-state index contributed by atoms with van der Waals surface area (Å²) in [5.41, 5.74) is 9.34. The van der Waals surface area contributed by atoms with Crippen molar-refractivity contribution in [3.05, 3.63) is 48.7 Å². The van der Waals surface area contributed by atoms with Gasteiger partial charge in [0.2, 0.25) is 5.91 Å². The van der Waals surface area contributed by atoms with E-state index in [4.69, 9.17) is 10.7 Å². The smallest absolute Gasteiger partial charge is 0.250 e. The normalized spacial score (nSPS) is 20.0. The van der Waals surface area contributed by atoms with Crippen LogP contribution in [-0.4, -0.2) is 62.1 Å². The molecule has 1 aromatic heterocycles. The van der Waals surface area contributed by atoms with E-state index < -0.39 is 0 Å². The molecule has 1 amide bonds. The minimum atomic E-state index is -0.123. The number of likely N-dealkylation sites (N-methyl/N-ethyl adjacent to an activating group) is 2. The fraction of sp³-hybridized carbons (Fsp3) is 0.391. The number of fused-ring (bicyclic) bond motifs is 1. The molecule has 2 aliphatic rings. The summed E-state index contributed by atoms with van der Waals surface area (Å²) in [7, 11) is 3.91. The van der Waals surface area contributed by atoms with Gasteiger partial charge in [0, 0.05) is 50.3 Å². The number of carbonyl (C=O) groups excluding carboxylic acids is 1. The summed E-state index contributed by atoms with van der Waals surface area (Å²) in [6, 6.07) is 8.45. The quantitative estimate of drug-likeness (QED) is 0.812. The molecule has 152 valence electrons. The van der Waals surface area contributed by atoms with Crippen LogP contribution in [-0.2, 0) is 4.79 Å². The first-order chi connectivity index (χ1) is 14.0. The zero-order valence-electron chi connectivity index (χ0n) is 17.3. The monoisotopic (exact) mass is 391 g/mol. The Morgan fingerprint density at radius 2 is 2.17 bits per heavy atom. The number of aromatic nitrogens is 1. The first kappa shape index (κ1) is 19.6. The van der Waals surface area contributed by atoms with Gasteiger partial charge in [-0.05, 0) is 61.2 Å². The molecule has 6 heteroatoms. The lowest BCUT2D eigenvalue weighted by Crippen LogP contribution is -2.27. The Bertz CT molecular complexity index is 983. The summed E-state index contributed by atoms with van der Waals surface area (Å²) in [5.74, 6) is 0.872. The highest BCUT2D eigenvalue weighted by Gasteiger charge is 2.24. The summed E-state index contributed by atoms with van der Waals surface area (Å²) in [5, 5.41) is 2.19. The largest absolute Gasteiger partial charge is 0.354 e. The number of amides is 1. The van der Waals surface area contributed by atoms with Crippen LogP contribution in [0.3, 0.4) is 0 Å². The number of anilines is 2. The summed E-state index contributed by atoms with van der Waals surface area (Å²) in [4.78, 5) is 23.4. The Morgan fingerprint density at radius 3 is 2.83 bits per heavy atom. The summed E-state index contributed by atoms with van der Waals surface area (Å²) < 4.78 is 0. The van der Waals surface area contributed by atoms with Crippen molar-refractivity contribution in [2.24, 2.45) is 5.73 Å². The molecular weight excluding hydrogens is 362 g/mol.